The third-order valence-corrected chi connectivity index (χ3v) is 4.66. The van der Waals surface area contributed by atoms with Gasteiger partial charge in [0, 0.05) is 13.1 Å². The SMILES string of the molecule is CNS(=O)(=O)c1ccc(C=CC(=O)N(C)Cc2ccco2)cc1. The van der Waals surface area contributed by atoms with Crippen molar-refractivity contribution in [3.8, 4) is 0 Å². The summed E-state index contributed by atoms with van der Waals surface area (Å²) in [5.41, 5.74) is 0.736. The number of rotatable bonds is 6. The van der Waals surface area contributed by atoms with Gasteiger partial charge in [0.1, 0.15) is 5.76 Å². The van der Waals surface area contributed by atoms with E-state index in [1.54, 1.807) is 43.7 Å². The standard InChI is InChI=1S/C16H18N2O4S/c1-17-23(20,21)15-8-5-13(6-9-15)7-10-16(19)18(2)12-14-4-3-11-22-14/h3-11,17H,12H2,1-2H3. The minimum absolute atomic E-state index is 0.173. The Morgan fingerprint density at radius 3 is 2.52 bits per heavy atom. The lowest BCUT2D eigenvalue weighted by Crippen LogP contribution is -2.23. The molecule has 1 amide bonds. The van der Waals surface area contributed by atoms with Crippen LogP contribution in [-0.4, -0.2) is 33.3 Å². The van der Waals surface area contributed by atoms with Gasteiger partial charge in [-0.1, -0.05) is 12.1 Å². The number of benzene rings is 1. The van der Waals surface area contributed by atoms with Gasteiger partial charge in [0.25, 0.3) is 0 Å². The summed E-state index contributed by atoms with van der Waals surface area (Å²) in [6.45, 7) is 0.384. The molecule has 0 atom stereocenters. The third kappa shape index (κ3) is 4.54. The van der Waals surface area contributed by atoms with Crippen molar-refractivity contribution in [2.24, 2.45) is 0 Å². The number of furan rings is 1. The Morgan fingerprint density at radius 2 is 1.96 bits per heavy atom. The lowest BCUT2D eigenvalue weighted by molar-refractivity contribution is -0.125. The normalized spacial score (nSPS) is 11.7. The van der Waals surface area contributed by atoms with Gasteiger partial charge < -0.3 is 9.32 Å². The Bertz CT molecular complexity index is 778. The second-order valence-electron chi connectivity index (χ2n) is 4.88. The van der Waals surface area contributed by atoms with Crippen molar-refractivity contribution >= 4 is 22.0 Å². The largest absolute Gasteiger partial charge is 0.467 e. The molecule has 0 aliphatic carbocycles. The highest BCUT2D eigenvalue weighted by Crippen LogP contribution is 2.11. The van der Waals surface area contributed by atoms with Crippen LogP contribution in [0.2, 0.25) is 0 Å². The van der Waals surface area contributed by atoms with Crippen LogP contribution in [0.3, 0.4) is 0 Å². The number of nitrogens with zero attached hydrogens (tertiary/aromatic N) is 1. The summed E-state index contributed by atoms with van der Waals surface area (Å²) < 4.78 is 30.7. The summed E-state index contributed by atoms with van der Waals surface area (Å²) >= 11 is 0. The molecular weight excluding hydrogens is 316 g/mol. The smallest absolute Gasteiger partial charge is 0.246 e. The highest BCUT2D eigenvalue weighted by atomic mass is 32.2. The van der Waals surface area contributed by atoms with E-state index >= 15 is 0 Å². The number of hydrogen-bond donors (Lipinski definition) is 1. The number of nitrogens with one attached hydrogen (secondary N) is 1. The quantitative estimate of drug-likeness (QED) is 0.818. The molecule has 0 radical (unpaired) electrons. The van der Waals surface area contributed by atoms with Crippen molar-refractivity contribution in [2.45, 2.75) is 11.4 Å². The summed E-state index contributed by atoms with van der Waals surface area (Å²) in [6.07, 6.45) is 4.63. The molecule has 0 spiro atoms. The molecule has 23 heavy (non-hydrogen) atoms. The summed E-state index contributed by atoms with van der Waals surface area (Å²) in [4.78, 5) is 13.7. The van der Waals surface area contributed by atoms with E-state index in [-0.39, 0.29) is 10.8 Å². The van der Waals surface area contributed by atoms with E-state index in [0.29, 0.717) is 12.3 Å². The first-order valence-electron chi connectivity index (χ1n) is 6.91. The third-order valence-electron chi connectivity index (χ3n) is 3.23. The Hall–Kier alpha value is -2.38. The van der Waals surface area contributed by atoms with Crippen LogP contribution in [-0.2, 0) is 21.4 Å². The molecule has 1 aromatic carbocycles. The van der Waals surface area contributed by atoms with Gasteiger partial charge in [-0.3, -0.25) is 4.79 Å². The molecule has 0 saturated carbocycles. The first-order valence-corrected chi connectivity index (χ1v) is 8.40. The average molecular weight is 334 g/mol. The van der Waals surface area contributed by atoms with Crippen LogP contribution >= 0.6 is 0 Å². The average Bonchev–Trinajstić information content (AvgIpc) is 3.05. The molecule has 0 aliphatic rings. The molecular formula is C16H18N2O4S. The zero-order chi connectivity index (χ0) is 16.9. The molecule has 1 N–H and O–H groups in total. The number of likely N-dealkylation sites (N-methyl/N-ethyl adjacent to an activating group) is 1. The lowest BCUT2D eigenvalue weighted by atomic mass is 10.2. The number of amides is 1. The topological polar surface area (TPSA) is 79.6 Å². The van der Waals surface area contributed by atoms with Crippen molar-refractivity contribution in [3.63, 3.8) is 0 Å². The van der Waals surface area contributed by atoms with Crippen LogP contribution < -0.4 is 4.72 Å². The fourth-order valence-corrected chi connectivity index (χ4v) is 2.62. The molecule has 2 rings (SSSR count). The molecule has 0 bridgehead atoms. The van der Waals surface area contributed by atoms with Gasteiger partial charge in [0.05, 0.1) is 17.7 Å². The van der Waals surface area contributed by atoms with Crippen molar-refractivity contribution in [1.82, 2.24) is 9.62 Å². The van der Waals surface area contributed by atoms with Crippen LogP contribution in [0.15, 0.2) is 58.1 Å². The van der Waals surface area contributed by atoms with Gasteiger partial charge >= 0.3 is 0 Å². The van der Waals surface area contributed by atoms with Crippen LogP contribution in [0.5, 0.6) is 0 Å². The number of carbonyl (C=O) groups excluding carboxylic acids is 1. The second kappa shape index (κ2) is 7.26. The molecule has 2 aromatic rings. The van der Waals surface area contributed by atoms with E-state index in [2.05, 4.69) is 4.72 Å². The van der Waals surface area contributed by atoms with Crippen LogP contribution in [0, 0.1) is 0 Å². The second-order valence-corrected chi connectivity index (χ2v) is 6.77. The molecule has 0 saturated heterocycles. The monoisotopic (exact) mass is 334 g/mol. The van der Waals surface area contributed by atoms with E-state index in [1.165, 1.54) is 30.2 Å². The van der Waals surface area contributed by atoms with E-state index in [9.17, 15) is 13.2 Å². The molecule has 0 fully saturated rings. The summed E-state index contributed by atoms with van der Waals surface area (Å²) in [5.74, 6) is 0.532. The predicted molar refractivity (Wildman–Crippen MR) is 86.9 cm³/mol. The van der Waals surface area contributed by atoms with Gasteiger partial charge in [0.15, 0.2) is 0 Å². The highest BCUT2D eigenvalue weighted by Gasteiger charge is 2.10. The molecule has 1 heterocycles. The van der Waals surface area contributed by atoms with Crippen molar-refractivity contribution in [2.75, 3.05) is 14.1 Å². The Balaban J connectivity index is 2.00. The van der Waals surface area contributed by atoms with E-state index in [4.69, 9.17) is 4.42 Å². The van der Waals surface area contributed by atoms with E-state index < -0.39 is 10.0 Å². The van der Waals surface area contributed by atoms with E-state index in [0.717, 1.165) is 5.56 Å². The number of sulfonamides is 1. The van der Waals surface area contributed by atoms with Gasteiger partial charge in [0.2, 0.25) is 15.9 Å². The summed E-state index contributed by atoms with van der Waals surface area (Å²) in [6, 6.07) is 9.82. The minimum atomic E-state index is -3.45. The number of hydrogen-bond acceptors (Lipinski definition) is 4. The van der Waals surface area contributed by atoms with Crippen LogP contribution in [0.1, 0.15) is 11.3 Å². The van der Waals surface area contributed by atoms with Crippen LogP contribution in [0.4, 0.5) is 0 Å². The van der Waals surface area contributed by atoms with Gasteiger partial charge in [-0.2, -0.15) is 0 Å². The van der Waals surface area contributed by atoms with Crippen molar-refractivity contribution in [1.29, 1.82) is 0 Å². The first kappa shape index (κ1) is 17.0. The maximum absolute atomic E-state index is 12.0. The van der Waals surface area contributed by atoms with Crippen molar-refractivity contribution in [3.05, 3.63) is 60.1 Å². The Morgan fingerprint density at radius 1 is 1.26 bits per heavy atom. The van der Waals surface area contributed by atoms with Crippen molar-refractivity contribution < 1.29 is 17.6 Å². The maximum Gasteiger partial charge on any atom is 0.246 e. The summed E-state index contributed by atoms with van der Waals surface area (Å²) in [5, 5.41) is 0. The fraction of sp³-hybridized carbons (Fsp3) is 0.188. The first-order chi connectivity index (χ1) is 10.9. The highest BCUT2D eigenvalue weighted by molar-refractivity contribution is 7.89. The Labute approximate surface area is 135 Å². The maximum atomic E-state index is 12.0. The van der Waals surface area contributed by atoms with Gasteiger partial charge in [-0.25, -0.2) is 13.1 Å². The zero-order valence-electron chi connectivity index (χ0n) is 12.9. The van der Waals surface area contributed by atoms with Crippen LogP contribution in [0.25, 0.3) is 6.08 Å². The van der Waals surface area contributed by atoms with Gasteiger partial charge in [-0.15, -0.1) is 0 Å². The predicted octanol–water partition coefficient (Wildman–Crippen LogP) is 1.86. The molecule has 0 unspecified atom stereocenters. The van der Waals surface area contributed by atoms with Gasteiger partial charge in [-0.05, 0) is 43.0 Å². The van der Waals surface area contributed by atoms with E-state index in [1.807, 2.05) is 0 Å². The number of carbonyl (C=O) groups is 1. The molecule has 6 nitrogen and oxygen atoms in total. The zero-order valence-corrected chi connectivity index (χ0v) is 13.7. The Kier molecular flexibility index (Phi) is 5.36. The molecule has 1 aromatic heterocycles. The molecule has 7 heteroatoms. The lowest BCUT2D eigenvalue weighted by Gasteiger charge is -2.12. The minimum Gasteiger partial charge on any atom is -0.467 e. The summed E-state index contributed by atoms with van der Waals surface area (Å²) in [7, 11) is -0.412. The molecule has 0 aliphatic heterocycles. The molecule has 122 valence electrons. The fourth-order valence-electron chi connectivity index (χ4n) is 1.88.